The predicted octanol–water partition coefficient (Wildman–Crippen LogP) is 3.30. The second kappa shape index (κ2) is 6.54. The number of ether oxygens (including phenoxy) is 2. The van der Waals surface area contributed by atoms with Gasteiger partial charge in [0.1, 0.15) is 11.2 Å². The highest BCUT2D eigenvalue weighted by atomic mass is 16.6. The molecular formula is C21H30N2O3. The molecule has 1 unspecified atom stereocenters. The Bertz CT molecular complexity index is 649. The van der Waals surface area contributed by atoms with Crippen LogP contribution in [-0.4, -0.2) is 54.0 Å². The van der Waals surface area contributed by atoms with E-state index in [1.54, 1.807) is 4.90 Å². The van der Waals surface area contributed by atoms with Gasteiger partial charge >= 0.3 is 6.09 Å². The molecule has 3 aliphatic rings. The summed E-state index contributed by atoms with van der Waals surface area (Å²) in [5.41, 5.74) is 0.811. The minimum atomic E-state index is -0.449. The van der Waals surface area contributed by atoms with Crippen LogP contribution in [0.1, 0.15) is 51.5 Å². The Morgan fingerprint density at radius 3 is 2.69 bits per heavy atom. The van der Waals surface area contributed by atoms with Crippen molar-refractivity contribution in [2.24, 2.45) is 0 Å². The quantitative estimate of drug-likeness (QED) is 0.901. The van der Waals surface area contributed by atoms with Crippen molar-refractivity contribution in [3.63, 3.8) is 0 Å². The van der Waals surface area contributed by atoms with E-state index in [4.69, 9.17) is 9.47 Å². The molecule has 2 saturated heterocycles. The van der Waals surface area contributed by atoms with E-state index in [0.717, 1.165) is 19.4 Å². The summed E-state index contributed by atoms with van der Waals surface area (Å²) in [7, 11) is 0. The van der Waals surface area contributed by atoms with Gasteiger partial charge in [0.25, 0.3) is 0 Å². The lowest BCUT2D eigenvalue weighted by atomic mass is 9.84. The highest BCUT2D eigenvalue weighted by molar-refractivity contribution is 5.69. The molecule has 1 aliphatic carbocycles. The van der Waals surface area contributed by atoms with Crippen LogP contribution in [0, 0.1) is 0 Å². The first-order valence-electron chi connectivity index (χ1n) is 9.76. The zero-order valence-corrected chi connectivity index (χ0v) is 16.0. The summed E-state index contributed by atoms with van der Waals surface area (Å²) in [5.74, 6) is 0.648. The molecule has 1 aromatic rings. The molecular weight excluding hydrogens is 328 g/mol. The van der Waals surface area contributed by atoms with Crippen LogP contribution in [0.25, 0.3) is 0 Å². The standard InChI is InChI=1S/C21H30N2O3/c1-20(2,3)26-19(24)23-13-21(14-23)12-16(9-10-25-21)22-18-11-17(18)15-7-5-4-6-8-15/h4-8,16-18,22H,9-14H2,1-3H3/t16?,17-,18+/m0/s1. The Morgan fingerprint density at radius 2 is 2.00 bits per heavy atom. The maximum absolute atomic E-state index is 12.2. The minimum absolute atomic E-state index is 0.177. The third-order valence-electron chi connectivity index (χ3n) is 5.57. The largest absolute Gasteiger partial charge is 0.444 e. The van der Waals surface area contributed by atoms with Gasteiger partial charge in [0.2, 0.25) is 0 Å². The maximum atomic E-state index is 12.2. The van der Waals surface area contributed by atoms with E-state index in [-0.39, 0.29) is 11.7 Å². The van der Waals surface area contributed by atoms with E-state index in [0.29, 0.717) is 31.1 Å². The number of nitrogens with one attached hydrogen (secondary N) is 1. The molecule has 1 saturated carbocycles. The zero-order valence-electron chi connectivity index (χ0n) is 16.0. The number of carbonyl (C=O) groups is 1. The van der Waals surface area contributed by atoms with Gasteiger partial charge in [-0.1, -0.05) is 30.3 Å². The number of nitrogens with zero attached hydrogens (tertiary/aromatic N) is 1. The molecule has 5 nitrogen and oxygen atoms in total. The Balaban J connectivity index is 1.26. The molecule has 5 heteroatoms. The SMILES string of the molecule is CC(C)(C)OC(=O)N1CC2(CC(N[C@@H]3C[C@H]3c3ccccc3)CCO2)C1. The molecule has 2 heterocycles. The topological polar surface area (TPSA) is 50.8 Å². The molecule has 0 radical (unpaired) electrons. The Hall–Kier alpha value is -1.59. The third kappa shape index (κ3) is 3.89. The summed E-state index contributed by atoms with van der Waals surface area (Å²) in [6.45, 7) is 7.76. The van der Waals surface area contributed by atoms with E-state index >= 15 is 0 Å². The maximum Gasteiger partial charge on any atom is 0.410 e. The minimum Gasteiger partial charge on any atom is -0.444 e. The van der Waals surface area contributed by atoms with Crippen molar-refractivity contribution in [2.45, 2.75) is 69.2 Å². The van der Waals surface area contributed by atoms with E-state index < -0.39 is 5.60 Å². The van der Waals surface area contributed by atoms with Crippen molar-refractivity contribution in [3.8, 4) is 0 Å². The fourth-order valence-corrected chi connectivity index (χ4v) is 4.25. The molecule has 2 aliphatic heterocycles. The van der Waals surface area contributed by atoms with Gasteiger partial charge in [-0.2, -0.15) is 0 Å². The smallest absolute Gasteiger partial charge is 0.410 e. The fraction of sp³-hybridized carbons (Fsp3) is 0.667. The molecule has 1 amide bonds. The predicted molar refractivity (Wildman–Crippen MR) is 100 cm³/mol. The van der Waals surface area contributed by atoms with Crippen LogP contribution >= 0.6 is 0 Å². The van der Waals surface area contributed by atoms with Crippen LogP contribution in [0.15, 0.2) is 30.3 Å². The van der Waals surface area contributed by atoms with E-state index in [1.165, 1.54) is 12.0 Å². The van der Waals surface area contributed by atoms with Crippen LogP contribution in [-0.2, 0) is 9.47 Å². The van der Waals surface area contributed by atoms with Crippen LogP contribution in [0.3, 0.4) is 0 Å². The molecule has 1 aromatic carbocycles. The average Bonchev–Trinajstić information content (AvgIpc) is 3.31. The summed E-state index contributed by atoms with van der Waals surface area (Å²) < 4.78 is 11.5. The molecule has 0 aromatic heterocycles. The van der Waals surface area contributed by atoms with Gasteiger partial charge in [0, 0.05) is 24.6 Å². The van der Waals surface area contributed by atoms with E-state index in [1.807, 2.05) is 20.8 Å². The Labute approximate surface area is 156 Å². The van der Waals surface area contributed by atoms with Gasteiger partial charge in [-0.3, -0.25) is 0 Å². The third-order valence-corrected chi connectivity index (χ3v) is 5.57. The molecule has 3 fully saturated rings. The number of rotatable bonds is 3. The molecule has 142 valence electrons. The first kappa shape index (κ1) is 17.8. The van der Waals surface area contributed by atoms with Gasteiger partial charge in [-0.05, 0) is 45.6 Å². The van der Waals surface area contributed by atoms with Crippen molar-refractivity contribution in [3.05, 3.63) is 35.9 Å². The summed E-state index contributed by atoms with van der Waals surface area (Å²) in [6, 6.07) is 11.8. The summed E-state index contributed by atoms with van der Waals surface area (Å²) in [6.07, 6.45) is 3.02. The molecule has 1 spiro atoms. The van der Waals surface area contributed by atoms with Crippen molar-refractivity contribution in [1.29, 1.82) is 0 Å². The number of carbonyl (C=O) groups excluding carboxylic acids is 1. The zero-order chi connectivity index (χ0) is 18.4. The number of benzene rings is 1. The summed E-state index contributed by atoms with van der Waals surface area (Å²) in [5, 5.41) is 3.83. The normalized spacial score (nSPS) is 30.0. The first-order valence-corrected chi connectivity index (χ1v) is 9.76. The van der Waals surface area contributed by atoms with Crippen molar-refractivity contribution in [1.82, 2.24) is 10.2 Å². The van der Waals surface area contributed by atoms with Gasteiger partial charge < -0.3 is 19.7 Å². The van der Waals surface area contributed by atoms with E-state index in [9.17, 15) is 4.79 Å². The lowest BCUT2D eigenvalue weighted by Crippen LogP contribution is -2.68. The van der Waals surface area contributed by atoms with Crippen LogP contribution in [0.4, 0.5) is 4.79 Å². The monoisotopic (exact) mass is 358 g/mol. The van der Waals surface area contributed by atoms with Crippen LogP contribution < -0.4 is 5.32 Å². The van der Waals surface area contributed by atoms with Crippen molar-refractivity contribution < 1.29 is 14.3 Å². The number of hydrogen-bond donors (Lipinski definition) is 1. The van der Waals surface area contributed by atoms with Gasteiger partial charge in [0.15, 0.2) is 0 Å². The number of likely N-dealkylation sites (tertiary alicyclic amines) is 1. The van der Waals surface area contributed by atoms with Crippen LogP contribution in [0.2, 0.25) is 0 Å². The van der Waals surface area contributed by atoms with Crippen LogP contribution in [0.5, 0.6) is 0 Å². The highest BCUT2D eigenvalue weighted by Gasteiger charge is 2.51. The molecule has 26 heavy (non-hydrogen) atoms. The Morgan fingerprint density at radius 1 is 1.27 bits per heavy atom. The second-order valence-electron chi connectivity index (χ2n) is 9.08. The summed E-state index contributed by atoms with van der Waals surface area (Å²) >= 11 is 0. The second-order valence-corrected chi connectivity index (χ2v) is 9.08. The van der Waals surface area contributed by atoms with Crippen molar-refractivity contribution in [2.75, 3.05) is 19.7 Å². The lowest BCUT2D eigenvalue weighted by Gasteiger charge is -2.53. The van der Waals surface area contributed by atoms with Crippen molar-refractivity contribution >= 4 is 6.09 Å². The molecule has 0 bridgehead atoms. The van der Waals surface area contributed by atoms with Gasteiger partial charge in [-0.15, -0.1) is 0 Å². The Kier molecular flexibility index (Phi) is 4.48. The lowest BCUT2D eigenvalue weighted by molar-refractivity contribution is -0.166. The molecule has 1 N–H and O–H groups in total. The number of amides is 1. The highest BCUT2D eigenvalue weighted by Crippen LogP contribution is 2.42. The van der Waals surface area contributed by atoms with Gasteiger partial charge in [-0.25, -0.2) is 4.79 Å². The average molecular weight is 358 g/mol. The molecule has 3 atom stereocenters. The summed E-state index contributed by atoms with van der Waals surface area (Å²) in [4.78, 5) is 13.9. The fourth-order valence-electron chi connectivity index (χ4n) is 4.25. The van der Waals surface area contributed by atoms with E-state index in [2.05, 4.69) is 35.6 Å². The molecule has 4 rings (SSSR count). The van der Waals surface area contributed by atoms with Gasteiger partial charge in [0.05, 0.1) is 13.1 Å². The number of hydrogen-bond acceptors (Lipinski definition) is 4. The first-order chi connectivity index (χ1) is 12.3.